The lowest BCUT2D eigenvalue weighted by atomic mass is 10.0. The molecule has 1 aliphatic rings. The average Bonchev–Trinajstić information content (AvgIpc) is 3.05. The predicted octanol–water partition coefficient (Wildman–Crippen LogP) is 5.19. The van der Waals surface area contributed by atoms with Crippen LogP contribution in [0.25, 0.3) is 11.8 Å². The number of anilines is 1. The van der Waals surface area contributed by atoms with E-state index >= 15 is 0 Å². The van der Waals surface area contributed by atoms with Crippen molar-refractivity contribution in [3.05, 3.63) is 88.5 Å². The fourth-order valence-corrected chi connectivity index (χ4v) is 4.28. The van der Waals surface area contributed by atoms with E-state index in [1.165, 1.54) is 29.8 Å². The van der Waals surface area contributed by atoms with Crippen LogP contribution in [0.4, 0.5) is 10.1 Å². The van der Waals surface area contributed by atoms with Gasteiger partial charge in [0.1, 0.15) is 11.4 Å². The Labute approximate surface area is 197 Å². The molecular weight excluding hydrogens is 437 g/mol. The summed E-state index contributed by atoms with van der Waals surface area (Å²) in [6.07, 6.45) is 1.54. The summed E-state index contributed by atoms with van der Waals surface area (Å²) in [6, 6.07) is 16.0. The number of rotatable bonds is 4. The first-order valence-corrected chi connectivity index (χ1v) is 11.0. The number of carbonyl (C=O) groups excluding carboxylic acids is 2. The van der Waals surface area contributed by atoms with Crippen LogP contribution in [-0.4, -0.2) is 21.5 Å². The minimum absolute atomic E-state index is 0.00545. The number of aryl methyl sites for hydroxylation is 1. The lowest BCUT2D eigenvalue weighted by Gasteiger charge is -2.29. The number of halogens is 1. The minimum Gasteiger partial charge on any atom is -0.318 e. The van der Waals surface area contributed by atoms with Gasteiger partial charge in [-0.25, -0.2) is 9.29 Å². The molecule has 1 aromatic heterocycles. The second-order valence-electron chi connectivity index (χ2n) is 8.32. The van der Waals surface area contributed by atoms with Gasteiger partial charge in [0, 0.05) is 17.1 Å². The van der Waals surface area contributed by atoms with Gasteiger partial charge in [0.15, 0.2) is 5.11 Å². The van der Waals surface area contributed by atoms with Gasteiger partial charge < -0.3 is 4.57 Å². The van der Waals surface area contributed by atoms with Crippen molar-refractivity contribution in [2.24, 2.45) is 0 Å². The van der Waals surface area contributed by atoms with E-state index in [0.29, 0.717) is 5.92 Å². The van der Waals surface area contributed by atoms with Crippen molar-refractivity contribution >= 4 is 40.9 Å². The zero-order valence-electron chi connectivity index (χ0n) is 18.8. The first-order chi connectivity index (χ1) is 15.7. The Hall–Kier alpha value is -3.58. The van der Waals surface area contributed by atoms with Crippen LogP contribution in [0.5, 0.6) is 0 Å². The molecule has 5 nitrogen and oxygen atoms in total. The smallest absolute Gasteiger partial charge is 0.270 e. The summed E-state index contributed by atoms with van der Waals surface area (Å²) in [4.78, 5) is 26.9. The standard InChI is InChI=1S/C26H24FN3O2S/c1-15(2)18-9-11-20(12-10-18)29-16(3)13-19(17(29)4)14-21-24(31)28-26(33)30(25(21)32)23-8-6-5-7-22(23)27/h5-15H,1-4H3,(H,28,31,33)/b21-14+. The Bertz CT molecular complexity index is 1310. The molecule has 1 saturated heterocycles. The molecule has 7 heteroatoms. The van der Waals surface area contributed by atoms with Gasteiger partial charge >= 0.3 is 0 Å². The van der Waals surface area contributed by atoms with E-state index in [1.807, 2.05) is 19.9 Å². The average molecular weight is 462 g/mol. The van der Waals surface area contributed by atoms with Crippen LogP contribution in [0, 0.1) is 19.7 Å². The number of hydrogen-bond donors (Lipinski definition) is 1. The molecule has 0 unspecified atom stereocenters. The maximum atomic E-state index is 14.4. The van der Waals surface area contributed by atoms with Gasteiger partial charge in [-0.05, 0) is 79.5 Å². The van der Waals surface area contributed by atoms with Gasteiger partial charge in [0.2, 0.25) is 0 Å². The number of benzene rings is 2. The summed E-state index contributed by atoms with van der Waals surface area (Å²) in [5, 5.41) is 2.35. The summed E-state index contributed by atoms with van der Waals surface area (Å²) in [5.41, 5.74) is 4.69. The molecule has 0 atom stereocenters. The molecule has 2 aromatic carbocycles. The Morgan fingerprint density at radius 1 is 1.03 bits per heavy atom. The normalized spacial score (nSPS) is 15.5. The second kappa shape index (κ2) is 8.75. The van der Waals surface area contributed by atoms with Crippen molar-refractivity contribution in [3.8, 4) is 5.69 Å². The van der Waals surface area contributed by atoms with Gasteiger partial charge in [0.25, 0.3) is 11.8 Å². The van der Waals surface area contributed by atoms with Crippen molar-refractivity contribution in [2.75, 3.05) is 4.90 Å². The van der Waals surface area contributed by atoms with Crippen LogP contribution in [0.2, 0.25) is 0 Å². The number of amides is 2. The van der Waals surface area contributed by atoms with Gasteiger partial charge in [-0.3, -0.25) is 14.9 Å². The highest BCUT2D eigenvalue weighted by molar-refractivity contribution is 7.80. The Morgan fingerprint density at radius 3 is 2.33 bits per heavy atom. The molecule has 1 fully saturated rings. The molecule has 2 amide bonds. The van der Waals surface area contributed by atoms with Crippen molar-refractivity contribution in [1.29, 1.82) is 0 Å². The van der Waals surface area contributed by atoms with E-state index in [9.17, 15) is 14.0 Å². The molecule has 0 aliphatic carbocycles. The van der Waals surface area contributed by atoms with Crippen molar-refractivity contribution in [3.63, 3.8) is 0 Å². The third kappa shape index (κ3) is 4.12. The minimum atomic E-state index is -0.667. The molecule has 0 bridgehead atoms. The van der Waals surface area contributed by atoms with E-state index in [0.717, 1.165) is 27.5 Å². The van der Waals surface area contributed by atoms with Crippen LogP contribution >= 0.6 is 12.2 Å². The van der Waals surface area contributed by atoms with Crippen molar-refractivity contribution in [2.45, 2.75) is 33.6 Å². The van der Waals surface area contributed by atoms with E-state index in [2.05, 4.69) is 48.0 Å². The first kappa shape index (κ1) is 22.6. The largest absolute Gasteiger partial charge is 0.318 e. The number of nitrogens with one attached hydrogen (secondary N) is 1. The fraction of sp³-hybridized carbons (Fsp3) is 0.192. The monoisotopic (exact) mass is 461 g/mol. The van der Waals surface area contributed by atoms with Crippen molar-refractivity contribution in [1.82, 2.24) is 9.88 Å². The van der Waals surface area contributed by atoms with E-state index in [-0.39, 0.29) is 16.4 Å². The summed E-state index contributed by atoms with van der Waals surface area (Å²) in [6.45, 7) is 8.19. The SMILES string of the molecule is Cc1cc(/C=C2\C(=O)NC(=S)N(c3ccccc3F)C2=O)c(C)n1-c1ccc(C(C)C)cc1. The predicted molar refractivity (Wildman–Crippen MR) is 132 cm³/mol. The molecule has 33 heavy (non-hydrogen) atoms. The van der Waals surface area contributed by atoms with Crippen LogP contribution < -0.4 is 10.2 Å². The fourth-order valence-electron chi connectivity index (χ4n) is 4.00. The molecule has 4 rings (SSSR count). The highest BCUT2D eigenvalue weighted by Gasteiger charge is 2.35. The topological polar surface area (TPSA) is 54.3 Å². The number of nitrogens with zero attached hydrogens (tertiary/aromatic N) is 2. The quantitative estimate of drug-likeness (QED) is 0.331. The molecule has 0 saturated carbocycles. The Kier molecular flexibility index (Phi) is 5.99. The van der Waals surface area contributed by atoms with Crippen LogP contribution in [0.1, 0.15) is 42.3 Å². The molecule has 1 aliphatic heterocycles. The van der Waals surface area contributed by atoms with Gasteiger partial charge in [0.05, 0.1) is 5.69 Å². The second-order valence-corrected chi connectivity index (χ2v) is 8.70. The number of hydrogen-bond acceptors (Lipinski definition) is 3. The van der Waals surface area contributed by atoms with Gasteiger partial charge in [-0.15, -0.1) is 0 Å². The number of thiocarbonyl (C=S) groups is 1. The van der Waals surface area contributed by atoms with E-state index < -0.39 is 17.6 Å². The highest BCUT2D eigenvalue weighted by atomic mass is 32.1. The molecule has 168 valence electrons. The van der Waals surface area contributed by atoms with Gasteiger partial charge in [-0.1, -0.05) is 38.1 Å². The van der Waals surface area contributed by atoms with E-state index in [4.69, 9.17) is 12.2 Å². The lowest BCUT2D eigenvalue weighted by molar-refractivity contribution is -0.122. The molecule has 3 aromatic rings. The molecule has 2 heterocycles. The third-order valence-electron chi connectivity index (χ3n) is 5.78. The first-order valence-electron chi connectivity index (χ1n) is 10.6. The molecule has 0 spiro atoms. The molecular formula is C26H24FN3O2S. The maximum absolute atomic E-state index is 14.4. The zero-order chi connectivity index (χ0) is 23.9. The number of aromatic nitrogens is 1. The van der Waals surface area contributed by atoms with Crippen LogP contribution in [0.15, 0.2) is 60.2 Å². The summed E-state index contributed by atoms with van der Waals surface area (Å²) < 4.78 is 16.4. The zero-order valence-corrected chi connectivity index (χ0v) is 19.7. The van der Waals surface area contributed by atoms with Gasteiger partial charge in [-0.2, -0.15) is 0 Å². The molecule has 1 N–H and O–H groups in total. The van der Waals surface area contributed by atoms with Crippen LogP contribution in [-0.2, 0) is 9.59 Å². The molecule has 0 radical (unpaired) electrons. The summed E-state index contributed by atoms with van der Waals surface area (Å²) >= 11 is 5.16. The number of carbonyl (C=O) groups is 2. The lowest BCUT2D eigenvalue weighted by Crippen LogP contribution is -2.54. The van der Waals surface area contributed by atoms with E-state index in [1.54, 1.807) is 6.07 Å². The Morgan fingerprint density at radius 2 is 1.70 bits per heavy atom. The Balaban J connectivity index is 1.74. The summed E-state index contributed by atoms with van der Waals surface area (Å²) in [5.74, 6) is -1.44. The third-order valence-corrected chi connectivity index (χ3v) is 6.07. The van der Waals surface area contributed by atoms with Crippen LogP contribution in [0.3, 0.4) is 0 Å². The summed E-state index contributed by atoms with van der Waals surface area (Å²) in [7, 11) is 0. The van der Waals surface area contributed by atoms with Crippen molar-refractivity contribution < 1.29 is 14.0 Å². The highest BCUT2D eigenvalue weighted by Crippen LogP contribution is 2.28. The maximum Gasteiger partial charge on any atom is 0.270 e. The number of para-hydroxylation sites is 1.